The van der Waals surface area contributed by atoms with E-state index in [1.807, 2.05) is 60.7 Å². The molecular weight excluding hydrogens is 342 g/mol. The number of hydrogen-bond acceptors (Lipinski definition) is 6. The largest absolute Gasteiger partial charge is 0.452 e. The number of carbonyl (C=O) groups is 1. The zero-order valence-corrected chi connectivity index (χ0v) is 14.8. The van der Waals surface area contributed by atoms with Crippen LogP contribution in [0.2, 0.25) is 0 Å². The standard InChI is InChI=1S/C20H19N5O2/c1-27-20(26)25(17-11-6-3-7-12-17)15-18(19-21-13-8-14-22-19)24-23-16-9-4-2-5-10-16/h2-14,23H,15H2,1H3/b24-18+. The van der Waals surface area contributed by atoms with Crippen molar-refractivity contribution in [2.75, 3.05) is 24.0 Å². The molecule has 0 aliphatic heterocycles. The number of aromatic nitrogens is 2. The minimum atomic E-state index is -0.496. The van der Waals surface area contributed by atoms with E-state index in [-0.39, 0.29) is 6.54 Å². The monoisotopic (exact) mass is 361 g/mol. The molecule has 1 aromatic heterocycles. The van der Waals surface area contributed by atoms with Gasteiger partial charge in [0, 0.05) is 18.1 Å². The summed E-state index contributed by atoms with van der Waals surface area (Å²) in [6.07, 6.45) is 2.76. The molecular formula is C20H19N5O2. The first-order chi connectivity index (χ1) is 13.3. The second-order valence-electron chi connectivity index (χ2n) is 5.50. The number of para-hydroxylation sites is 2. The van der Waals surface area contributed by atoms with Gasteiger partial charge in [0.05, 0.1) is 19.3 Å². The van der Waals surface area contributed by atoms with Gasteiger partial charge in [0.1, 0.15) is 5.71 Å². The van der Waals surface area contributed by atoms with Crippen molar-refractivity contribution in [3.05, 3.63) is 84.9 Å². The van der Waals surface area contributed by atoms with Crippen LogP contribution in [-0.2, 0) is 4.74 Å². The molecule has 3 aromatic rings. The van der Waals surface area contributed by atoms with Crippen molar-refractivity contribution in [3.63, 3.8) is 0 Å². The highest BCUT2D eigenvalue weighted by molar-refractivity contribution is 6.05. The predicted molar refractivity (Wildman–Crippen MR) is 105 cm³/mol. The fourth-order valence-corrected chi connectivity index (χ4v) is 2.38. The van der Waals surface area contributed by atoms with Crippen LogP contribution in [0.4, 0.5) is 16.2 Å². The number of rotatable bonds is 6. The second kappa shape index (κ2) is 9.10. The van der Waals surface area contributed by atoms with E-state index in [1.165, 1.54) is 12.0 Å². The van der Waals surface area contributed by atoms with Gasteiger partial charge in [0.15, 0.2) is 5.82 Å². The maximum absolute atomic E-state index is 12.3. The van der Waals surface area contributed by atoms with Crippen molar-refractivity contribution in [2.24, 2.45) is 5.10 Å². The highest BCUT2D eigenvalue weighted by Gasteiger charge is 2.20. The van der Waals surface area contributed by atoms with Crippen molar-refractivity contribution in [1.82, 2.24) is 9.97 Å². The molecule has 0 atom stereocenters. The Hall–Kier alpha value is -3.74. The third kappa shape index (κ3) is 4.88. The second-order valence-corrected chi connectivity index (χ2v) is 5.50. The fraction of sp³-hybridized carbons (Fsp3) is 0.100. The molecule has 3 rings (SSSR count). The molecule has 1 amide bonds. The van der Waals surface area contributed by atoms with E-state index >= 15 is 0 Å². The number of carbonyl (C=O) groups excluding carboxylic acids is 1. The lowest BCUT2D eigenvalue weighted by atomic mass is 10.2. The number of ether oxygens (including phenoxy) is 1. The quantitative estimate of drug-likeness (QED) is 0.536. The molecule has 0 aliphatic carbocycles. The highest BCUT2D eigenvalue weighted by atomic mass is 16.5. The average Bonchev–Trinajstić information content (AvgIpc) is 2.75. The van der Waals surface area contributed by atoms with Crippen LogP contribution in [0, 0.1) is 0 Å². The van der Waals surface area contributed by atoms with E-state index in [4.69, 9.17) is 4.74 Å². The van der Waals surface area contributed by atoms with Gasteiger partial charge in [-0.1, -0.05) is 36.4 Å². The summed E-state index contributed by atoms with van der Waals surface area (Å²) in [5.41, 5.74) is 4.98. The lowest BCUT2D eigenvalue weighted by Crippen LogP contribution is -2.37. The molecule has 7 nitrogen and oxygen atoms in total. The minimum Gasteiger partial charge on any atom is -0.452 e. The molecule has 0 aliphatic rings. The van der Waals surface area contributed by atoms with Crippen LogP contribution in [0.15, 0.2) is 84.2 Å². The summed E-state index contributed by atoms with van der Waals surface area (Å²) in [6.45, 7) is 0.139. The molecule has 0 bridgehead atoms. The zero-order chi connectivity index (χ0) is 18.9. The van der Waals surface area contributed by atoms with Gasteiger partial charge in [0.2, 0.25) is 0 Å². The summed E-state index contributed by atoms with van der Waals surface area (Å²) in [7, 11) is 1.34. The van der Waals surface area contributed by atoms with Crippen molar-refractivity contribution < 1.29 is 9.53 Å². The van der Waals surface area contributed by atoms with Gasteiger partial charge in [-0.2, -0.15) is 5.10 Å². The first-order valence-electron chi connectivity index (χ1n) is 8.33. The Balaban J connectivity index is 1.92. The van der Waals surface area contributed by atoms with Gasteiger partial charge < -0.3 is 4.74 Å². The average molecular weight is 361 g/mol. The maximum atomic E-state index is 12.3. The van der Waals surface area contributed by atoms with E-state index in [0.29, 0.717) is 17.2 Å². The van der Waals surface area contributed by atoms with Gasteiger partial charge in [0.25, 0.3) is 0 Å². The molecule has 27 heavy (non-hydrogen) atoms. The van der Waals surface area contributed by atoms with E-state index in [1.54, 1.807) is 18.5 Å². The van der Waals surface area contributed by atoms with E-state index in [9.17, 15) is 4.79 Å². The third-order valence-corrected chi connectivity index (χ3v) is 3.69. The molecule has 0 fully saturated rings. The van der Waals surface area contributed by atoms with Crippen LogP contribution >= 0.6 is 0 Å². The number of methoxy groups -OCH3 is 1. The first-order valence-corrected chi connectivity index (χ1v) is 8.33. The number of anilines is 2. The molecule has 7 heteroatoms. The molecule has 0 radical (unpaired) electrons. The Morgan fingerprint density at radius 3 is 2.26 bits per heavy atom. The van der Waals surface area contributed by atoms with Crippen LogP contribution in [0.1, 0.15) is 5.82 Å². The smallest absolute Gasteiger partial charge is 0.414 e. The van der Waals surface area contributed by atoms with Crippen LogP contribution in [0.5, 0.6) is 0 Å². The Morgan fingerprint density at radius 2 is 1.63 bits per heavy atom. The number of amides is 1. The zero-order valence-electron chi connectivity index (χ0n) is 14.8. The Labute approximate surface area is 157 Å². The summed E-state index contributed by atoms with van der Waals surface area (Å²) in [5, 5.41) is 4.44. The van der Waals surface area contributed by atoms with Gasteiger partial charge in [-0.05, 0) is 30.3 Å². The van der Waals surface area contributed by atoms with E-state index in [0.717, 1.165) is 5.69 Å². The molecule has 1 N–H and O–H groups in total. The van der Waals surface area contributed by atoms with Crippen molar-refractivity contribution in [1.29, 1.82) is 0 Å². The first kappa shape index (κ1) is 18.1. The van der Waals surface area contributed by atoms with E-state index < -0.39 is 6.09 Å². The molecule has 0 saturated heterocycles. The summed E-state index contributed by atoms with van der Waals surface area (Å²) >= 11 is 0. The van der Waals surface area contributed by atoms with Crippen molar-refractivity contribution >= 4 is 23.2 Å². The molecule has 1 heterocycles. The summed E-state index contributed by atoms with van der Waals surface area (Å²) in [4.78, 5) is 22.3. The fourth-order valence-electron chi connectivity index (χ4n) is 2.38. The number of nitrogens with one attached hydrogen (secondary N) is 1. The maximum Gasteiger partial charge on any atom is 0.414 e. The molecule has 136 valence electrons. The lowest BCUT2D eigenvalue weighted by molar-refractivity contribution is 0.179. The van der Waals surface area contributed by atoms with Crippen LogP contribution in [0.3, 0.4) is 0 Å². The third-order valence-electron chi connectivity index (χ3n) is 3.69. The van der Waals surface area contributed by atoms with E-state index in [2.05, 4.69) is 20.5 Å². The number of hydrogen-bond donors (Lipinski definition) is 1. The van der Waals surface area contributed by atoms with Crippen LogP contribution in [-0.4, -0.2) is 35.4 Å². The predicted octanol–water partition coefficient (Wildman–Crippen LogP) is 3.57. The highest BCUT2D eigenvalue weighted by Crippen LogP contribution is 2.15. The summed E-state index contributed by atoms with van der Waals surface area (Å²) < 4.78 is 4.94. The minimum absolute atomic E-state index is 0.139. The normalized spacial score (nSPS) is 10.9. The topological polar surface area (TPSA) is 79.7 Å². The summed E-state index contributed by atoms with van der Waals surface area (Å²) in [5.74, 6) is 0.422. The number of benzene rings is 2. The lowest BCUT2D eigenvalue weighted by Gasteiger charge is -2.21. The van der Waals surface area contributed by atoms with Gasteiger partial charge in [-0.25, -0.2) is 14.8 Å². The van der Waals surface area contributed by atoms with Crippen LogP contribution in [0.25, 0.3) is 0 Å². The number of hydrazone groups is 1. The Bertz CT molecular complexity index is 886. The Morgan fingerprint density at radius 1 is 1.00 bits per heavy atom. The van der Waals surface area contributed by atoms with Crippen LogP contribution < -0.4 is 10.3 Å². The van der Waals surface area contributed by atoms with Gasteiger partial charge in [-0.3, -0.25) is 10.3 Å². The Kier molecular flexibility index (Phi) is 6.08. The molecule has 0 saturated carbocycles. The van der Waals surface area contributed by atoms with Gasteiger partial charge >= 0.3 is 6.09 Å². The van der Waals surface area contributed by atoms with Crippen molar-refractivity contribution in [3.8, 4) is 0 Å². The molecule has 0 unspecified atom stereocenters. The van der Waals surface area contributed by atoms with Crippen molar-refractivity contribution in [2.45, 2.75) is 0 Å². The molecule has 0 spiro atoms. The number of nitrogens with zero attached hydrogens (tertiary/aromatic N) is 4. The molecule has 2 aromatic carbocycles. The van der Waals surface area contributed by atoms with Gasteiger partial charge in [-0.15, -0.1) is 0 Å². The summed E-state index contributed by atoms with van der Waals surface area (Å²) in [6, 6.07) is 20.5. The SMILES string of the molecule is COC(=O)N(C/C(=N\Nc1ccccc1)c1ncccn1)c1ccccc1.